The summed E-state index contributed by atoms with van der Waals surface area (Å²) in [6, 6.07) is 7.76. The predicted octanol–water partition coefficient (Wildman–Crippen LogP) is 3.48. The minimum atomic E-state index is -4.88. The fourth-order valence-electron chi connectivity index (χ4n) is 1.21. The van der Waals surface area contributed by atoms with Crippen molar-refractivity contribution in [3.05, 3.63) is 34.5 Å². The summed E-state index contributed by atoms with van der Waals surface area (Å²) in [5.74, 6) is -0.613. The Balaban J connectivity index is 3.07. The van der Waals surface area contributed by atoms with Crippen LogP contribution in [0.4, 0.5) is 18.9 Å². The number of nitriles is 3. The van der Waals surface area contributed by atoms with Gasteiger partial charge in [-0.05, 0) is 18.2 Å². The van der Waals surface area contributed by atoms with Crippen LogP contribution in [-0.4, -0.2) is 6.36 Å². The molecule has 0 unspecified atom stereocenters. The Morgan fingerprint density at radius 1 is 1.14 bits per heavy atom. The summed E-state index contributed by atoms with van der Waals surface area (Å²) in [5.41, 5.74) is -0.695. The molecule has 0 aliphatic carbocycles. The van der Waals surface area contributed by atoms with Crippen molar-refractivity contribution in [3.8, 4) is 24.0 Å². The quantitative estimate of drug-likeness (QED) is 0.862. The van der Waals surface area contributed by atoms with Gasteiger partial charge in [0.05, 0.1) is 5.02 Å². The fraction of sp³-hybridized carbons (Fsp3) is 0.0833. The zero-order valence-electron chi connectivity index (χ0n) is 9.99. The molecule has 0 heterocycles. The second-order valence-electron chi connectivity index (χ2n) is 3.40. The molecule has 0 saturated heterocycles. The first-order valence-corrected chi connectivity index (χ1v) is 5.45. The molecule has 0 aliphatic heterocycles. The van der Waals surface area contributed by atoms with Crippen LogP contribution in [0.1, 0.15) is 0 Å². The van der Waals surface area contributed by atoms with Crippen LogP contribution in [0, 0.1) is 34.0 Å². The van der Waals surface area contributed by atoms with E-state index in [0.717, 1.165) is 18.2 Å². The van der Waals surface area contributed by atoms with E-state index in [4.69, 9.17) is 27.4 Å². The maximum atomic E-state index is 12.1. The first kappa shape index (κ1) is 16.2. The monoisotopic (exact) mass is 312 g/mol. The fourth-order valence-corrected chi connectivity index (χ4v) is 1.43. The van der Waals surface area contributed by atoms with E-state index in [2.05, 4.69) is 10.1 Å². The van der Waals surface area contributed by atoms with E-state index in [1.807, 2.05) is 0 Å². The second-order valence-corrected chi connectivity index (χ2v) is 3.81. The number of hydrogen-bond acceptors (Lipinski definition) is 5. The highest BCUT2D eigenvalue weighted by Gasteiger charge is 2.32. The summed E-state index contributed by atoms with van der Waals surface area (Å²) < 4.78 is 39.9. The Kier molecular flexibility index (Phi) is 5.01. The van der Waals surface area contributed by atoms with Crippen molar-refractivity contribution in [2.24, 2.45) is 0 Å². The van der Waals surface area contributed by atoms with Crippen LogP contribution in [0.5, 0.6) is 5.75 Å². The third-order valence-electron chi connectivity index (χ3n) is 2.01. The van der Waals surface area contributed by atoms with Crippen LogP contribution in [0.15, 0.2) is 29.5 Å². The molecule has 0 spiro atoms. The Labute approximate surface area is 122 Å². The molecular formula is C12H4ClF3N4O. The average molecular weight is 313 g/mol. The van der Waals surface area contributed by atoms with Gasteiger partial charge < -0.3 is 10.1 Å². The summed E-state index contributed by atoms with van der Waals surface area (Å²) in [6.45, 7) is 0. The van der Waals surface area contributed by atoms with Gasteiger partial charge in [-0.2, -0.15) is 15.8 Å². The molecule has 0 fully saturated rings. The molecule has 1 aromatic carbocycles. The molecule has 5 nitrogen and oxygen atoms in total. The van der Waals surface area contributed by atoms with Crippen molar-refractivity contribution < 1.29 is 17.9 Å². The normalized spacial score (nSPS) is 9.76. The number of anilines is 1. The van der Waals surface area contributed by atoms with Crippen LogP contribution in [0.25, 0.3) is 0 Å². The first-order chi connectivity index (χ1) is 9.80. The van der Waals surface area contributed by atoms with Crippen LogP contribution in [0.2, 0.25) is 5.02 Å². The second kappa shape index (κ2) is 6.51. The van der Waals surface area contributed by atoms with Crippen molar-refractivity contribution in [1.29, 1.82) is 15.8 Å². The minimum Gasteiger partial charge on any atom is -0.404 e. The number of hydrogen-bond donors (Lipinski definition) is 1. The van der Waals surface area contributed by atoms with Gasteiger partial charge in [-0.15, -0.1) is 13.2 Å². The summed E-state index contributed by atoms with van der Waals surface area (Å²) >= 11 is 5.62. The molecule has 0 bridgehead atoms. The molecule has 0 saturated carbocycles. The molecule has 0 atom stereocenters. The Morgan fingerprint density at radius 3 is 2.19 bits per heavy atom. The van der Waals surface area contributed by atoms with Crippen LogP contribution in [-0.2, 0) is 0 Å². The summed E-state index contributed by atoms with van der Waals surface area (Å²) in [7, 11) is 0. The molecule has 0 amide bonds. The van der Waals surface area contributed by atoms with Gasteiger partial charge in [-0.25, -0.2) is 0 Å². The third kappa shape index (κ3) is 4.61. The van der Waals surface area contributed by atoms with Crippen molar-refractivity contribution in [2.75, 3.05) is 5.32 Å². The van der Waals surface area contributed by atoms with Gasteiger partial charge in [-0.3, -0.25) is 0 Å². The van der Waals surface area contributed by atoms with Crippen molar-refractivity contribution in [2.45, 2.75) is 6.36 Å². The Morgan fingerprint density at radius 2 is 1.76 bits per heavy atom. The molecule has 1 aromatic rings. The van der Waals surface area contributed by atoms with E-state index in [1.54, 1.807) is 6.07 Å². The van der Waals surface area contributed by atoms with E-state index < -0.39 is 17.7 Å². The highest BCUT2D eigenvalue weighted by molar-refractivity contribution is 6.32. The van der Waals surface area contributed by atoms with Crippen LogP contribution >= 0.6 is 11.6 Å². The van der Waals surface area contributed by atoms with Gasteiger partial charge in [0.15, 0.2) is 5.57 Å². The maximum absolute atomic E-state index is 12.1. The van der Waals surface area contributed by atoms with Crippen LogP contribution < -0.4 is 10.1 Å². The number of benzene rings is 1. The lowest BCUT2D eigenvalue weighted by atomic mass is 10.2. The third-order valence-corrected chi connectivity index (χ3v) is 2.31. The average Bonchev–Trinajstić information content (AvgIpc) is 2.40. The van der Waals surface area contributed by atoms with Crippen molar-refractivity contribution in [1.82, 2.24) is 0 Å². The van der Waals surface area contributed by atoms with Gasteiger partial charge in [-0.1, -0.05) is 11.6 Å². The molecule has 0 aliphatic rings. The van der Waals surface area contributed by atoms with E-state index >= 15 is 0 Å². The summed E-state index contributed by atoms with van der Waals surface area (Å²) in [4.78, 5) is 0. The number of nitrogens with zero attached hydrogens (tertiary/aromatic N) is 3. The number of nitrogens with one attached hydrogen (secondary N) is 1. The summed E-state index contributed by atoms with van der Waals surface area (Å²) in [6.07, 6.45) is -4.88. The highest BCUT2D eigenvalue weighted by Crippen LogP contribution is 2.32. The molecular weight excluding hydrogens is 309 g/mol. The van der Waals surface area contributed by atoms with Gasteiger partial charge in [0.25, 0.3) is 0 Å². The van der Waals surface area contributed by atoms with E-state index in [9.17, 15) is 13.2 Å². The lowest BCUT2D eigenvalue weighted by molar-refractivity contribution is -0.274. The number of ether oxygens (including phenoxy) is 1. The summed E-state index contributed by atoms with van der Waals surface area (Å²) in [5, 5.41) is 28.2. The first-order valence-electron chi connectivity index (χ1n) is 5.07. The number of rotatable bonds is 3. The van der Waals surface area contributed by atoms with Gasteiger partial charge in [0, 0.05) is 5.69 Å². The van der Waals surface area contributed by atoms with Gasteiger partial charge in [0.1, 0.15) is 29.7 Å². The maximum Gasteiger partial charge on any atom is 0.573 e. The van der Waals surface area contributed by atoms with E-state index in [-0.39, 0.29) is 16.4 Å². The highest BCUT2D eigenvalue weighted by atomic mass is 35.5. The zero-order valence-corrected chi connectivity index (χ0v) is 10.7. The molecule has 21 heavy (non-hydrogen) atoms. The molecule has 0 aromatic heterocycles. The molecule has 1 rings (SSSR count). The number of allylic oxidation sites excluding steroid dienone is 2. The minimum absolute atomic E-state index is 0.120. The standard InChI is InChI=1S/C12H4ClF3N4O/c13-9-3-8(1-2-11(9)21-12(14,15)16)20-10(6-19)7(4-17)5-18/h1-3,20H. The largest absolute Gasteiger partial charge is 0.573 e. The molecule has 9 heteroatoms. The molecule has 0 radical (unpaired) electrons. The SMILES string of the molecule is N#CC(C#N)=C(C#N)Nc1ccc(OC(F)(F)F)c(Cl)c1. The predicted molar refractivity (Wildman–Crippen MR) is 65.6 cm³/mol. The van der Waals surface area contributed by atoms with Crippen LogP contribution in [0.3, 0.4) is 0 Å². The van der Waals surface area contributed by atoms with E-state index in [0.29, 0.717) is 0 Å². The smallest absolute Gasteiger partial charge is 0.404 e. The Hall–Kier alpha value is -2.89. The molecule has 1 N–H and O–H groups in total. The topological polar surface area (TPSA) is 92.6 Å². The van der Waals surface area contributed by atoms with Gasteiger partial charge in [0.2, 0.25) is 0 Å². The van der Waals surface area contributed by atoms with E-state index in [1.165, 1.54) is 12.1 Å². The number of alkyl halides is 3. The van der Waals surface area contributed by atoms with Gasteiger partial charge >= 0.3 is 6.36 Å². The van der Waals surface area contributed by atoms with Crippen molar-refractivity contribution in [3.63, 3.8) is 0 Å². The Bertz CT molecular complexity index is 691. The van der Waals surface area contributed by atoms with Crippen molar-refractivity contribution >= 4 is 17.3 Å². The lowest BCUT2D eigenvalue weighted by Gasteiger charge is -2.11. The zero-order chi connectivity index (χ0) is 16.0. The molecule has 106 valence electrons. The lowest BCUT2D eigenvalue weighted by Crippen LogP contribution is -2.17. The number of halogens is 4.